The average molecular weight is 743 g/mol. The number of phenols is 1. The van der Waals surface area contributed by atoms with Crippen LogP contribution in [0.3, 0.4) is 0 Å². The number of allylic oxidation sites excluding steroid dienone is 1. The van der Waals surface area contributed by atoms with Crippen LogP contribution in [-0.2, 0) is 24.0 Å². The summed E-state index contributed by atoms with van der Waals surface area (Å²) < 4.78 is 1.75. The third kappa shape index (κ3) is 7.20. The number of para-hydroxylation sites is 1. The van der Waals surface area contributed by atoms with Crippen molar-refractivity contribution in [1.82, 2.24) is 25.1 Å². The summed E-state index contributed by atoms with van der Waals surface area (Å²) in [6.07, 6.45) is 4.96. The zero-order valence-corrected chi connectivity index (χ0v) is 29.2. The van der Waals surface area contributed by atoms with Crippen LogP contribution in [0.5, 0.6) is 5.75 Å². The molecule has 2 aromatic heterocycles. The van der Waals surface area contributed by atoms with Gasteiger partial charge in [-0.15, -0.1) is 23.1 Å². The molecular weight excluding hydrogens is 713 g/mol. The van der Waals surface area contributed by atoms with Crippen molar-refractivity contribution in [3.8, 4) is 5.75 Å². The third-order valence-electron chi connectivity index (χ3n) is 8.62. The molecule has 0 radical (unpaired) electrons. The average Bonchev–Trinajstić information content (AvgIpc) is 3.72. The molecule has 5 heterocycles. The van der Waals surface area contributed by atoms with Gasteiger partial charge in [-0.1, -0.05) is 23.9 Å². The van der Waals surface area contributed by atoms with Crippen LogP contribution in [0.1, 0.15) is 24.4 Å². The highest BCUT2D eigenvalue weighted by Gasteiger charge is 2.54. The minimum Gasteiger partial charge on any atom is -0.508 e. The second-order valence-electron chi connectivity index (χ2n) is 11.9. The molecule has 4 aromatic rings. The Bertz CT molecular complexity index is 2070. The fraction of sp³-hybridized carbons (Fsp3) is 0.229. The second kappa shape index (κ2) is 14.6. The van der Waals surface area contributed by atoms with Crippen molar-refractivity contribution in [2.75, 3.05) is 23.4 Å². The highest BCUT2D eigenvalue weighted by atomic mass is 32.2. The number of phenolic OH excluding ortho intramolecular Hbond substituents is 1. The van der Waals surface area contributed by atoms with Crippen LogP contribution >= 0.6 is 34.9 Å². The lowest BCUT2D eigenvalue weighted by molar-refractivity contribution is -0.150. The smallest absolute Gasteiger partial charge is 0.352 e. The first-order chi connectivity index (χ1) is 24.7. The molecule has 4 N–H and O–H groups in total. The SMILES string of the molecule is O=C(CC(c1ccncc1)N1CCC(=CC2=C(C(=O)O)N3C(=O)[C@@H](NC(=O)CSc4nc5ccccc5s4)[C@H]3SC2)C1=O)Nc1ccc(O)cc1. The highest BCUT2D eigenvalue weighted by molar-refractivity contribution is 8.01. The lowest BCUT2D eigenvalue weighted by Gasteiger charge is -2.49. The van der Waals surface area contributed by atoms with E-state index in [-0.39, 0.29) is 47.1 Å². The maximum atomic E-state index is 13.8. The predicted octanol–water partition coefficient (Wildman–Crippen LogP) is 4.16. The van der Waals surface area contributed by atoms with E-state index in [1.54, 1.807) is 47.6 Å². The van der Waals surface area contributed by atoms with Gasteiger partial charge in [0, 0.05) is 36.0 Å². The lowest BCUT2D eigenvalue weighted by atomic mass is 10.0. The first-order valence-corrected chi connectivity index (χ1v) is 18.7. The van der Waals surface area contributed by atoms with Gasteiger partial charge >= 0.3 is 5.97 Å². The standard InChI is InChI=1S/C35H30N6O7S3/c42-23-7-5-22(6-8-23)37-27(43)16-25(19-9-12-36-13-10-19)40-14-11-20(31(40)45)15-21-17-49-33-29(32(46)41(33)30(21)34(47)48)39-28(44)18-50-35-38-24-3-1-2-4-26(24)51-35/h1-10,12-13,15,25,29,33,42H,11,14,16-18H2,(H,37,43)(H,39,44)(H,47,48)/t25?,29-,33-/m1/s1. The number of likely N-dealkylation sites (tertiary alicyclic amines) is 1. The van der Waals surface area contributed by atoms with Gasteiger partial charge in [0.15, 0.2) is 4.34 Å². The first-order valence-electron chi connectivity index (χ1n) is 15.9. The number of rotatable bonds is 11. The molecule has 2 aromatic carbocycles. The number of fused-ring (bicyclic) bond motifs is 2. The number of anilines is 1. The van der Waals surface area contributed by atoms with Gasteiger partial charge < -0.3 is 25.7 Å². The van der Waals surface area contributed by atoms with E-state index in [0.717, 1.165) is 14.6 Å². The molecular formula is C35H30N6O7S3. The number of carboxylic acids is 1. The lowest BCUT2D eigenvalue weighted by Crippen LogP contribution is -2.70. The van der Waals surface area contributed by atoms with Crippen LogP contribution in [0.2, 0.25) is 0 Å². The monoisotopic (exact) mass is 742 g/mol. The number of nitrogens with one attached hydrogen (secondary N) is 2. The zero-order chi connectivity index (χ0) is 35.6. The van der Waals surface area contributed by atoms with Gasteiger partial charge in [-0.3, -0.25) is 29.1 Å². The molecule has 16 heteroatoms. The number of aromatic nitrogens is 2. The van der Waals surface area contributed by atoms with Gasteiger partial charge in [0.25, 0.3) is 5.91 Å². The van der Waals surface area contributed by atoms with Crippen LogP contribution in [0.15, 0.2) is 100 Å². The Hall–Kier alpha value is -5.19. The fourth-order valence-electron chi connectivity index (χ4n) is 6.21. The molecule has 0 bridgehead atoms. The van der Waals surface area contributed by atoms with Crippen LogP contribution in [0.4, 0.5) is 5.69 Å². The van der Waals surface area contributed by atoms with Gasteiger partial charge in [-0.05, 0) is 72.2 Å². The minimum absolute atomic E-state index is 0.0531. The van der Waals surface area contributed by atoms with E-state index in [0.29, 0.717) is 35.4 Å². The summed E-state index contributed by atoms with van der Waals surface area (Å²) >= 11 is 4.07. The number of carbonyl (C=O) groups excluding carboxylic acids is 4. The molecule has 3 atom stereocenters. The molecule has 0 saturated carbocycles. The van der Waals surface area contributed by atoms with Crippen molar-refractivity contribution in [3.63, 3.8) is 0 Å². The molecule has 2 saturated heterocycles. The van der Waals surface area contributed by atoms with E-state index in [2.05, 4.69) is 20.6 Å². The maximum Gasteiger partial charge on any atom is 0.352 e. The van der Waals surface area contributed by atoms with Crippen LogP contribution in [-0.4, -0.2) is 89.0 Å². The van der Waals surface area contributed by atoms with Crippen molar-refractivity contribution < 1.29 is 34.2 Å². The van der Waals surface area contributed by atoms with Crippen molar-refractivity contribution in [3.05, 3.63) is 102 Å². The molecule has 0 aliphatic carbocycles. The Labute approximate surface area is 303 Å². The van der Waals surface area contributed by atoms with Gasteiger partial charge in [0.2, 0.25) is 17.7 Å². The Morgan fingerprint density at radius 3 is 2.55 bits per heavy atom. The van der Waals surface area contributed by atoms with E-state index in [1.807, 2.05) is 24.3 Å². The number of carboxylic acid groups (broad SMARTS) is 1. The molecule has 4 amide bonds. The van der Waals surface area contributed by atoms with Crippen molar-refractivity contribution >= 4 is 80.4 Å². The Morgan fingerprint density at radius 1 is 1.04 bits per heavy atom. The number of thiazole rings is 1. The largest absolute Gasteiger partial charge is 0.508 e. The number of thioether (sulfide) groups is 2. The van der Waals surface area contributed by atoms with Gasteiger partial charge in [-0.2, -0.15) is 0 Å². The van der Waals surface area contributed by atoms with E-state index < -0.39 is 29.3 Å². The quantitative estimate of drug-likeness (QED) is 0.0750. The zero-order valence-electron chi connectivity index (χ0n) is 26.7. The molecule has 0 spiro atoms. The number of aliphatic carboxylic acids is 1. The predicted molar refractivity (Wildman–Crippen MR) is 193 cm³/mol. The van der Waals surface area contributed by atoms with Crippen LogP contribution < -0.4 is 10.6 Å². The van der Waals surface area contributed by atoms with Gasteiger partial charge in [0.05, 0.1) is 28.4 Å². The summed E-state index contributed by atoms with van der Waals surface area (Å²) in [5.41, 5.74) is 2.53. The summed E-state index contributed by atoms with van der Waals surface area (Å²) in [7, 11) is 0. The van der Waals surface area contributed by atoms with Gasteiger partial charge in [-0.25, -0.2) is 9.78 Å². The van der Waals surface area contributed by atoms with Gasteiger partial charge in [0.1, 0.15) is 22.9 Å². The summed E-state index contributed by atoms with van der Waals surface area (Å²) in [6, 6.07) is 15.7. The Balaban J connectivity index is 1.03. The fourth-order valence-corrected chi connectivity index (χ4v) is 9.40. The molecule has 1 unspecified atom stereocenters. The number of β-lactam (4-membered cyclic amide) rings is 1. The van der Waals surface area contributed by atoms with E-state index >= 15 is 0 Å². The molecule has 51 heavy (non-hydrogen) atoms. The number of amides is 4. The summed E-state index contributed by atoms with van der Waals surface area (Å²) in [6.45, 7) is 0.293. The topological polar surface area (TPSA) is 182 Å². The van der Waals surface area contributed by atoms with Crippen LogP contribution in [0.25, 0.3) is 10.2 Å². The summed E-state index contributed by atoms with van der Waals surface area (Å²) in [5.74, 6) is -2.55. The number of carbonyl (C=O) groups is 5. The van der Waals surface area contributed by atoms with E-state index in [9.17, 15) is 34.2 Å². The normalized spacial score (nSPS) is 20.0. The molecule has 260 valence electrons. The Kier molecular flexibility index (Phi) is 9.79. The Morgan fingerprint density at radius 2 is 1.80 bits per heavy atom. The molecule has 3 aliphatic rings. The van der Waals surface area contributed by atoms with Crippen molar-refractivity contribution in [2.45, 2.75) is 34.6 Å². The second-order valence-corrected chi connectivity index (χ2v) is 15.2. The van der Waals surface area contributed by atoms with Crippen LogP contribution in [0, 0.1) is 0 Å². The summed E-state index contributed by atoms with van der Waals surface area (Å²) in [5, 5.41) is 24.7. The van der Waals surface area contributed by atoms with E-state index in [1.165, 1.54) is 51.9 Å². The number of hydrogen-bond acceptors (Lipinski definition) is 11. The number of pyridine rings is 1. The molecule has 13 nitrogen and oxygen atoms in total. The number of benzene rings is 2. The number of aromatic hydroxyl groups is 1. The maximum absolute atomic E-state index is 13.8. The minimum atomic E-state index is -1.31. The van der Waals surface area contributed by atoms with E-state index in [4.69, 9.17) is 0 Å². The third-order valence-corrected chi connectivity index (χ3v) is 12.1. The molecule has 2 fully saturated rings. The van der Waals surface area contributed by atoms with Crippen molar-refractivity contribution in [1.29, 1.82) is 0 Å². The highest BCUT2D eigenvalue weighted by Crippen LogP contribution is 2.42. The molecule has 7 rings (SSSR count). The first kappa shape index (κ1) is 34.3. The summed E-state index contributed by atoms with van der Waals surface area (Å²) in [4.78, 5) is 76.9. The number of hydrogen-bond donors (Lipinski definition) is 4. The molecule has 3 aliphatic heterocycles. The number of nitrogens with zero attached hydrogens (tertiary/aromatic N) is 4. The van der Waals surface area contributed by atoms with Crippen molar-refractivity contribution in [2.24, 2.45) is 0 Å².